The smallest absolute Gasteiger partial charge is 0.252 e. The van der Waals surface area contributed by atoms with E-state index in [9.17, 15) is 17.6 Å². The number of rotatable bonds is 6. The maximum absolute atomic E-state index is 13.7. The highest BCUT2D eigenvalue weighted by molar-refractivity contribution is 7.89. The van der Waals surface area contributed by atoms with Gasteiger partial charge in [-0.25, -0.2) is 12.8 Å². The molecule has 1 aliphatic rings. The number of piperidine rings is 1. The van der Waals surface area contributed by atoms with Crippen molar-refractivity contribution in [1.82, 2.24) is 8.87 Å². The van der Waals surface area contributed by atoms with Gasteiger partial charge in [0.1, 0.15) is 11.6 Å². The van der Waals surface area contributed by atoms with E-state index >= 15 is 0 Å². The molecule has 1 fully saturated rings. The molecule has 1 aromatic heterocycles. The van der Waals surface area contributed by atoms with Crippen molar-refractivity contribution in [2.45, 2.75) is 24.3 Å². The number of nitrogens with zero attached hydrogens (tertiary/aromatic N) is 3. The molecule has 4 rings (SSSR count). The molecule has 0 bridgehead atoms. The van der Waals surface area contributed by atoms with E-state index in [1.165, 1.54) is 47.0 Å². The number of halogens is 1. The molecule has 1 amide bonds. The van der Waals surface area contributed by atoms with E-state index in [2.05, 4.69) is 11.6 Å². The molecule has 7 nitrogen and oxygen atoms in total. The fourth-order valence-corrected chi connectivity index (χ4v) is 6.48. The van der Waals surface area contributed by atoms with E-state index in [1.54, 1.807) is 28.8 Å². The SMILES string of the molecule is C=CCn1c(=NC(=O)C2CCCN(S(=O)(=O)c3ccc(OC)cc3)C2)sc2cc(F)ccc21. The number of amides is 1. The van der Waals surface area contributed by atoms with Gasteiger partial charge in [-0.2, -0.15) is 9.30 Å². The fourth-order valence-electron chi connectivity index (χ4n) is 3.88. The number of benzene rings is 2. The van der Waals surface area contributed by atoms with Gasteiger partial charge in [-0.15, -0.1) is 6.58 Å². The predicted molar refractivity (Wildman–Crippen MR) is 125 cm³/mol. The Labute approximate surface area is 195 Å². The first-order chi connectivity index (χ1) is 15.8. The van der Waals surface area contributed by atoms with Gasteiger partial charge in [-0.05, 0) is 55.3 Å². The Morgan fingerprint density at radius 3 is 2.76 bits per heavy atom. The molecule has 0 N–H and O–H groups in total. The van der Waals surface area contributed by atoms with Crippen LogP contribution < -0.4 is 9.54 Å². The number of allylic oxidation sites excluding steroid dienone is 1. The second-order valence-electron chi connectivity index (χ2n) is 7.72. The van der Waals surface area contributed by atoms with Gasteiger partial charge in [0.05, 0.1) is 28.1 Å². The Morgan fingerprint density at radius 1 is 1.30 bits per heavy atom. The Bertz CT molecular complexity index is 1360. The summed E-state index contributed by atoms with van der Waals surface area (Å²) >= 11 is 1.22. The summed E-state index contributed by atoms with van der Waals surface area (Å²) in [4.78, 5) is 18.0. The molecule has 3 aromatic rings. The summed E-state index contributed by atoms with van der Waals surface area (Å²) in [5, 5.41) is 0. The first-order valence-electron chi connectivity index (χ1n) is 10.5. The van der Waals surface area contributed by atoms with Crippen LogP contribution in [-0.4, -0.2) is 43.4 Å². The molecule has 0 aliphatic carbocycles. The number of methoxy groups -OCH3 is 1. The molecule has 174 valence electrons. The molecule has 2 aromatic carbocycles. The van der Waals surface area contributed by atoms with Gasteiger partial charge in [0.2, 0.25) is 10.0 Å². The zero-order valence-corrected chi connectivity index (χ0v) is 19.7. The Kier molecular flexibility index (Phi) is 6.78. The van der Waals surface area contributed by atoms with Crippen molar-refractivity contribution >= 4 is 37.5 Å². The lowest BCUT2D eigenvalue weighted by Crippen LogP contribution is -2.42. The van der Waals surface area contributed by atoms with Gasteiger partial charge in [0.25, 0.3) is 5.91 Å². The zero-order chi connectivity index (χ0) is 23.6. The summed E-state index contributed by atoms with van der Waals surface area (Å²) in [6.07, 6.45) is 2.80. The van der Waals surface area contributed by atoms with Crippen molar-refractivity contribution in [3.63, 3.8) is 0 Å². The molecule has 1 unspecified atom stereocenters. The molecule has 0 spiro atoms. The maximum atomic E-state index is 13.7. The topological polar surface area (TPSA) is 81.0 Å². The number of sulfonamides is 1. The lowest BCUT2D eigenvalue weighted by molar-refractivity contribution is -0.122. The zero-order valence-electron chi connectivity index (χ0n) is 18.1. The first kappa shape index (κ1) is 23.3. The van der Waals surface area contributed by atoms with Crippen molar-refractivity contribution in [3.8, 4) is 5.75 Å². The van der Waals surface area contributed by atoms with E-state index < -0.39 is 15.9 Å². The molecule has 1 aliphatic heterocycles. The molecule has 0 saturated carbocycles. The van der Waals surface area contributed by atoms with Crippen LogP contribution in [0.5, 0.6) is 5.75 Å². The van der Waals surface area contributed by atoms with E-state index in [-0.39, 0.29) is 23.2 Å². The first-order valence-corrected chi connectivity index (χ1v) is 12.7. The van der Waals surface area contributed by atoms with Gasteiger partial charge < -0.3 is 9.30 Å². The van der Waals surface area contributed by atoms with Gasteiger partial charge in [0.15, 0.2) is 4.80 Å². The normalized spacial score (nSPS) is 17.9. The van der Waals surface area contributed by atoms with Crippen LogP contribution in [-0.2, 0) is 21.4 Å². The number of ether oxygens (including phenoxy) is 1. The quantitative estimate of drug-likeness (QED) is 0.496. The minimum absolute atomic E-state index is 0.0671. The van der Waals surface area contributed by atoms with E-state index in [1.807, 2.05) is 0 Å². The number of aromatic nitrogens is 1. The number of hydrogen-bond donors (Lipinski definition) is 0. The van der Waals surface area contributed by atoms with Crippen LogP contribution in [0.15, 0.2) is 65.0 Å². The summed E-state index contributed by atoms with van der Waals surface area (Å²) in [5.74, 6) is -0.727. The van der Waals surface area contributed by atoms with Crippen molar-refractivity contribution in [3.05, 3.63) is 65.7 Å². The summed E-state index contributed by atoms with van der Waals surface area (Å²) in [7, 11) is -2.23. The van der Waals surface area contributed by atoms with E-state index in [0.29, 0.717) is 41.2 Å². The molecular weight excluding hydrogens is 465 g/mol. The van der Waals surface area contributed by atoms with Crippen molar-refractivity contribution in [1.29, 1.82) is 0 Å². The van der Waals surface area contributed by atoms with Crippen LogP contribution in [0.25, 0.3) is 10.2 Å². The van der Waals surface area contributed by atoms with Crippen LogP contribution in [0, 0.1) is 11.7 Å². The number of hydrogen-bond acceptors (Lipinski definition) is 5. The standard InChI is InChI=1S/C23H24FN3O4S2/c1-3-12-27-20-11-6-17(24)14-21(20)32-23(27)25-22(28)16-5-4-13-26(15-16)33(29,30)19-9-7-18(31-2)8-10-19/h3,6-11,14,16H,1,4-5,12-13,15H2,2H3. The number of carbonyl (C=O) groups is 1. The molecule has 0 radical (unpaired) electrons. The van der Waals surface area contributed by atoms with Crippen LogP contribution in [0.1, 0.15) is 12.8 Å². The largest absolute Gasteiger partial charge is 0.497 e. The van der Waals surface area contributed by atoms with Crippen LogP contribution >= 0.6 is 11.3 Å². The summed E-state index contributed by atoms with van der Waals surface area (Å²) in [5.41, 5.74) is 0.764. The molecule has 1 atom stereocenters. The number of thiazole rings is 1. The van der Waals surface area contributed by atoms with Crippen molar-refractivity contribution in [2.75, 3.05) is 20.2 Å². The Hall–Kier alpha value is -2.82. The van der Waals surface area contributed by atoms with Gasteiger partial charge in [0, 0.05) is 19.6 Å². The summed E-state index contributed by atoms with van der Waals surface area (Å²) in [6, 6.07) is 10.6. The second kappa shape index (κ2) is 9.58. The van der Waals surface area contributed by atoms with Crippen LogP contribution in [0.2, 0.25) is 0 Å². The van der Waals surface area contributed by atoms with E-state index in [0.717, 1.165) is 5.52 Å². The van der Waals surface area contributed by atoms with Gasteiger partial charge >= 0.3 is 0 Å². The summed E-state index contributed by atoms with van der Waals surface area (Å²) in [6.45, 7) is 4.58. The lowest BCUT2D eigenvalue weighted by atomic mass is 9.99. The average Bonchev–Trinajstić information content (AvgIpc) is 3.15. The van der Waals surface area contributed by atoms with Crippen molar-refractivity contribution in [2.24, 2.45) is 10.9 Å². The number of fused-ring (bicyclic) bond motifs is 1. The fraction of sp³-hybridized carbons (Fsp3) is 0.304. The van der Waals surface area contributed by atoms with Crippen LogP contribution in [0.4, 0.5) is 4.39 Å². The minimum atomic E-state index is -3.74. The van der Waals surface area contributed by atoms with E-state index in [4.69, 9.17) is 4.74 Å². The van der Waals surface area contributed by atoms with Crippen LogP contribution in [0.3, 0.4) is 0 Å². The molecule has 2 heterocycles. The highest BCUT2D eigenvalue weighted by Gasteiger charge is 2.33. The Balaban J connectivity index is 1.61. The minimum Gasteiger partial charge on any atom is -0.497 e. The lowest BCUT2D eigenvalue weighted by Gasteiger charge is -2.30. The average molecular weight is 490 g/mol. The highest BCUT2D eigenvalue weighted by atomic mass is 32.2. The highest BCUT2D eigenvalue weighted by Crippen LogP contribution is 2.26. The molecule has 1 saturated heterocycles. The van der Waals surface area contributed by atoms with Gasteiger partial charge in [-0.3, -0.25) is 4.79 Å². The predicted octanol–water partition coefficient (Wildman–Crippen LogP) is 3.56. The Morgan fingerprint density at radius 2 is 2.06 bits per heavy atom. The third-order valence-electron chi connectivity index (χ3n) is 5.59. The monoisotopic (exact) mass is 489 g/mol. The maximum Gasteiger partial charge on any atom is 0.252 e. The second-order valence-corrected chi connectivity index (χ2v) is 10.7. The summed E-state index contributed by atoms with van der Waals surface area (Å²) < 4.78 is 48.8. The molecule has 10 heteroatoms. The molecular formula is C23H24FN3O4S2. The third-order valence-corrected chi connectivity index (χ3v) is 8.51. The molecule has 33 heavy (non-hydrogen) atoms. The van der Waals surface area contributed by atoms with Gasteiger partial charge in [-0.1, -0.05) is 17.4 Å². The third kappa shape index (κ3) is 4.78. The number of carbonyl (C=O) groups excluding carboxylic acids is 1. The van der Waals surface area contributed by atoms with Crippen molar-refractivity contribution < 1.29 is 22.3 Å².